The first-order valence-electron chi connectivity index (χ1n) is 15.7. The van der Waals surface area contributed by atoms with Crippen molar-refractivity contribution in [1.29, 1.82) is 0 Å². The number of unbranched alkanes of at least 4 members (excludes halogenated alkanes) is 1. The van der Waals surface area contributed by atoms with E-state index in [-0.39, 0.29) is 43.4 Å². The van der Waals surface area contributed by atoms with Crippen LogP contribution in [0, 0.1) is 17.6 Å². The van der Waals surface area contributed by atoms with Crippen LogP contribution in [0.25, 0.3) is 0 Å². The van der Waals surface area contributed by atoms with E-state index in [9.17, 15) is 23.5 Å². The minimum Gasteiger partial charge on any atom is -0.497 e. The van der Waals surface area contributed by atoms with Gasteiger partial charge in [0, 0.05) is 31.1 Å². The average molecular weight is 612 g/mol. The Hall–Kier alpha value is -3.34. The predicted octanol–water partition coefficient (Wildman–Crippen LogP) is 4.52. The summed E-state index contributed by atoms with van der Waals surface area (Å²) in [7, 11) is 1.61. The summed E-state index contributed by atoms with van der Waals surface area (Å²) in [5.74, 6) is -1.31. The molecule has 2 bridgehead atoms. The molecule has 1 fully saturated rings. The SMILES string of the molecule is CCCC[C@H]1CCN([C@H]2CC=CCO[C@@H]3C[C@H](NC[C@@H](O)[C@H](Cc4cc(F)cc(F)c4)NC2=O)c2cc(OC)ccc23)C1=O. The number of nitrogens with zero attached hydrogens (tertiary/aromatic N) is 1. The number of likely N-dealkylation sites (tertiary alicyclic amines) is 1. The van der Waals surface area contributed by atoms with Gasteiger partial charge in [-0.25, -0.2) is 8.78 Å². The van der Waals surface area contributed by atoms with Crippen LogP contribution in [-0.4, -0.2) is 66.8 Å². The van der Waals surface area contributed by atoms with Crippen molar-refractivity contribution in [3.05, 3.63) is 76.9 Å². The van der Waals surface area contributed by atoms with Gasteiger partial charge in [0.05, 0.1) is 32.0 Å². The van der Waals surface area contributed by atoms with Gasteiger partial charge in [-0.15, -0.1) is 0 Å². The molecule has 2 amide bonds. The van der Waals surface area contributed by atoms with Gasteiger partial charge in [0.25, 0.3) is 0 Å². The molecule has 2 heterocycles. The number of hydrogen-bond acceptors (Lipinski definition) is 6. The van der Waals surface area contributed by atoms with Crippen molar-refractivity contribution in [1.82, 2.24) is 15.5 Å². The summed E-state index contributed by atoms with van der Waals surface area (Å²) in [5, 5.41) is 17.8. The number of amides is 2. The van der Waals surface area contributed by atoms with Crippen LogP contribution in [0.1, 0.15) is 74.3 Å². The summed E-state index contributed by atoms with van der Waals surface area (Å²) in [6.07, 6.45) is 6.79. The first-order chi connectivity index (χ1) is 21.3. The highest BCUT2D eigenvalue weighted by molar-refractivity contribution is 5.90. The zero-order valence-corrected chi connectivity index (χ0v) is 25.4. The minimum absolute atomic E-state index is 0.000288. The zero-order valence-electron chi connectivity index (χ0n) is 25.4. The first kappa shape index (κ1) is 32.1. The Balaban J connectivity index is 1.43. The van der Waals surface area contributed by atoms with Crippen molar-refractivity contribution < 1.29 is 33.0 Å². The average Bonchev–Trinajstić information content (AvgIpc) is 3.53. The molecule has 0 unspecified atom stereocenters. The van der Waals surface area contributed by atoms with Gasteiger partial charge in [-0.1, -0.05) is 38.0 Å². The molecule has 3 aliphatic rings. The number of carbonyl (C=O) groups excluding carboxylic acids is 2. The molecule has 238 valence electrons. The van der Waals surface area contributed by atoms with Crippen LogP contribution in [0.5, 0.6) is 5.75 Å². The van der Waals surface area contributed by atoms with Crippen molar-refractivity contribution in [3.63, 3.8) is 0 Å². The topological polar surface area (TPSA) is 100 Å². The van der Waals surface area contributed by atoms with Crippen LogP contribution in [0.15, 0.2) is 48.6 Å². The largest absolute Gasteiger partial charge is 0.497 e. The third-order valence-corrected chi connectivity index (χ3v) is 9.06. The van der Waals surface area contributed by atoms with Crippen LogP contribution >= 0.6 is 0 Å². The van der Waals surface area contributed by atoms with Crippen molar-refractivity contribution in [2.45, 2.75) is 82.2 Å². The lowest BCUT2D eigenvalue weighted by Gasteiger charge is -2.31. The normalized spacial score (nSPS) is 27.9. The van der Waals surface area contributed by atoms with E-state index in [1.54, 1.807) is 12.0 Å². The molecular formula is C34H43F2N3O5. The molecule has 3 N–H and O–H groups in total. The first-order valence-corrected chi connectivity index (χ1v) is 15.7. The van der Waals surface area contributed by atoms with E-state index in [1.807, 2.05) is 30.4 Å². The van der Waals surface area contributed by atoms with Gasteiger partial charge in [-0.2, -0.15) is 0 Å². The molecule has 0 radical (unpaired) electrons. The molecule has 2 aliphatic heterocycles. The molecule has 1 aliphatic carbocycles. The predicted molar refractivity (Wildman–Crippen MR) is 162 cm³/mol. The minimum atomic E-state index is -1.10. The quantitative estimate of drug-likeness (QED) is 0.399. The standard InChI is InChI=1S/C34H43F2N3O5/c1-3-4-7-22-11-12-39(34(22)42)30-8-5-6-13-44-32-19-28(27-18-25(43-2)9-10-26(27)32)37-20-31(40)29(38-33(30)41)16-21-14-23(35)17-24(36)15-21/h5-6,9-10,14-15,17-18,22,28-32,37,40H,3-4,7-8,11-13,16,19-20H2,1-2H3,(H,38,41)/t22-,28-,29-,30-,31+,32+/m0/s1. The van der Waals surface area contributed by atoms with Gasteiger partial charge in [-0.3, -0.25) is 9.59 Å². The number of benzene rings is 2. The van der Waals surface area contributed by atoms with Crippen molar-refractivity contribution in [2.75, 3.05) is 26.8 Å². The monoisotopic (exact) mass is 611 g/mol. The van der Waals surface area contributed by atoms with Crippen LogP contribution in [-0.2, 0) is 20.7 Å². The Kier molecular flexibility index (Phi) is 10.7. The molecule has 5 rings (SSSR count). The number of carbonyl (C=O) groups is 2. The third kappa shape index (κ3) is 7.47. The Bertz CT molecular complexity index is 1330. The van der Waals surface area contributed by atoms with Gasteiger partial charge >= 0.3 is 0 Å². The highest BCUT2D eigenvalue weighted by Gasteiger charge is 2.39. The van der Waals surface area contributed by atoms with Crippen molar-refractivity contribution in [2.24, 2.45) is 5.92 Å². The molecule has 2 aromatic rings. The molecule has 10 heteroatoms. The Morgan fingerprint density at radius 3 is 2.64 bits per heavy atom. The van der Waals surface area contributed by atoms with Crippen LogP contribution in [0.2, 0.25) is 0 Å². The lowest BCUT2D eigenvalue weighted by atomic mass is 9.99. The molecular weight excluding hydrogens is 568 g/mol. The number of fused-ring (bicyclic) bond motifs is 5. The fourth-order valence-corrected chi connectivity index (χ4v) is 6.68. The second kappa shape index (κ2) is 14.6. The molecule has 0 spiro atoms. The Morgan fingerprint density at radius 2 is 1.89 bits per heavy atom. The van der Waals surface area contributed by atoms with Gasteiger partial charge in [-0.05, 0) is 73.1 Å². The van der Waals surface area contributed by atoms with E-state index in [1.165, 1.54) is 12.1 Å². The molecule has 6 atom stereocenters. The summed E-state index contributed by atoms with van der Waals surface area (Å²) >= 11 is 0. The number of methoxy groups -OCH3 is 1. The third-order valence-electron chi connectivity index (χ3n) is 9.06. The van der Waals surface area contributed by atoms with Crippen molar-refractivity contribution in [3.8, 4) is 5.75 Å². The van der Waals surface area contributed by atoms with Gasteiger partial charge < -0.3 is 30.1 Å². The number of ether oxygens (including phenoxy) is 2. The summed E-state index contributed by atoms with van der Waals surface area (Å²) in [5.41, 5.74) is 2.36. The van der Waals surface area contributed by atoms with E-state index in [4.69, 9.17) is 9.47 Å². The number of hydrogen-bond donors (Lipinski definition) is 3. The fraction of sp³-hybridized carbons (Fsp3) is 0.529. The van der Waals surface area contributed by atoms with Gasteiger partial charge in [0.1, 0.15) is 23.4 Å². The van der Waals surface area contributed by atoms with E-state index >= 15 is 0 Å². The molecule has 0 saturated carbocycles. The van der Waals surface area contributed by atoms with E-state index in [0.717, 1.165) is 36.5 Å². The number of β-amino-alcohol motifs (C(OH)–C–C–N with tert-alkyl or cyclic N) is 1. The lowest BCUT2D eigenvalue weighted by Crippen LogP contribution is -2.55. The van der Waals surface area contributed by atoms with Crippen LogP contribution in [0.4, 0.5) is 8.78 Å². The summed E-state index contributed by atoms with van der Waals surface area (Å²) in [6.45, 7) is 3.00. The van der Waals surface area contributed by atoms with Crippen LogP contribution < -0.4 is 15.4 Å². The molecule has 1 saturated heterocycles. The second-order valence-electron chi connectivity index (χ2n) is 12.1. The summed E-state index contributed by atoms with van der Waals surface area (Å²) in [6, 6.07) is 7.24. The Morgan fingerprint density at radius 1 is 1.09 bits per heavy atom. The molecule has 2 aromatic carbocycles. The number of aliphatic hydroxyl groups excluding tert-OH is 1. The smallest absolute Gasteiger partial charge is 0.243 e. The van der Waals surface area contributed by atoms with Gasteiger partial charge in [0.15, 0.2) is 0 Å². The molecule has 8 nitrogen and oxygen atoms in total. The molecule has 44 heavy (non-hydrogen) atoms. The van der Waals surface area contributed by atoms with E-state index in [0.29, 0.717) is 37.3 Å². The Labute approximate surface area is 257 Å². The summed E-state index contributed by atoms with van der Waals surface area (Å²) < 4.78 is 39.9. The highest BCUT2D eigenvalue weighted by atomic mass is 19.1. The maximum atomic E-state index is 14.1. The zero-order chi connectivity index (χ0) is 31.2. The number of rotatable bonds is 7. The number of nitrogens with one attached hydrogen (secondary N) is 2. The fourth-order valence-electron chi connectivity index (χ4n) is 6.68. The van der Waals surface area contributed by atoms with Crippen LogP contribution in [0.3, 0.4) is 0 Å². The van der Waals surface area contributed by atoms with E-state index in [2.05, 4.69) is 17.6 Å². The molecule has 0 aromatic heterocycles. The maximum absolute atomic E-state index is 14.1. The number of aliphatic hydroxyl groups is 1. The number of halogens is 2. The van der Waals surface area contributed by atoms with Gasteiger partial charge in [0.2, 0.25) is 11.8 Å². The maximum Gasteiger partial charge on any atom is 0.243 e. The lowest BCUT2D eigenvalue weighted by molar-refractivity contribution is -0.140. The van der Waals surface area contributed by atoms with Crippen molar-refractivity contribution >= 4 is 11.8 Å². The summed E-state index contributed by atoms with van der Waals surface area (Å²) in [4.78, 5) is 28.9. The second-order valence-corrected chi connectivity index (χ2v) is 12.1. The van der Waals surface area contributed by atoms with E-state index < -0.39 is 35.7 Å². The highest BCUT2D eigenvalue weighted by Crippen LogP contribution is 2.42.